The highest BCUT2D eigenvalue weighted by Gasteiger charge is 2.18. The summed E-state index contributed by atoms with van der Waals surface area (Å²) in [5.41, 5.74) is 0.565. The summed E-state index contributed by atoms with van der Waals surface area (Å²) in [6.45, 7) is 0. The maximum absolute atomic E-state index is 13.6. The van der Waals surface area contributed by atoms with Gasteiger partial charge in [0.05, 0.1) is 6.20 Å². The number of aromatic amines is 1. The number of hydrogen-bond donors (Lipinski definition) is 2. The summed E-state index contributed by atoms with van der Waals surface area (Å²) in [5.74, 6) is -0.986. The summed E-state index contributed by atoms with van der Waals surface area (Å²) < 4.78 is 27.9. The van der Waals surface area contributed by atoms with Crippen molar-refractivity contribution in [2.75, 3.05) is 5.32 Å². The van der Waals surface area contributed by atoms with Crippen LogP contribution in [0.5, 0.6) is 0 Å². The van der Waals surface area contributed by atoms with Crippen LogP contribution in [0.1, 0.15) is 16.2 Å². The Bertz CT molecular complexity index is 1060. The number of hydrogen-bond acceptors (Lipinski definition) is 5. The lowest BCUT2D eigenvalue weighted by atomic mass is 10.1. The van der Waals surface area contributed by atoms with E-state index in [1.807, 2.05) is 0 Å². The lowest BCUT2D eigenvalue weighted by molar-refractivity contribution is 0.102. The first kappa shape index (κ1) is 14.9. The van der Waals surface area contributed by atoms with Gasteiger partial charge in [0.2, 0.25) is 11.6 Å². The van der Waals surface area contributed by atoms with Gasteiger partial charge in [-0.3, -0.25) is 9.89 Å². The van der Waals surface area contributed by atoms with E-state index < -0.39 is 17.4 Å². The number of aromatic nitrogens is 5. The molecule has 3 aromatic heterocycles. The number of ketones is 1. The largest absolute Gasteiger partial charge is 0.322 e. The molecule has 7 nitrogen and oxygen atoms in total. The Labute approximate surface area is 139 Å². The number of halogens is 2. The van der Waals surface area contributed by atoms with Gasteiger partial charge in [0, 0.05) is 23.9 Å². The van der Waals surface area contributed by atoms with Gasteiger partial charge < -0.3 is 5.32 Å². The van der Waals surface area contributed by atoms with Crippen LogP contribution < -0.4 is 5.32 Å². The molecule has 25 heavy (non-hydrogen) atoms. The van der Waals surface area contributed by atoms with Crippen molar-refractivity contribution in [1.82, 2.24) is 24.8 Å². The molecule has 4 rings (SSSR count). The quantitative estimate of drug-likeness (QED) is 0.558. The lowest BCUT2D eigenvalue weighted by Gasteiger charge is -2.07. The zero-order valence-electron chi connectivity index (χ0n) is 12.6. The Hall–Kier alpha value is -3.62. The minimum Gasteiger partial charge on any atom is -0.322 e. The Morgan fingerprint density at radius 1 is 1.12 bits per heavy atom. The fourth-order valence-electron chi connectivity index (χ4n) is 2.34. The number of H-pyrrole nitrogens is 1. The monoisotopic (exact) mass is 340 g/mol. The molecule has 0 radical (unpaired) electrons. The van der Waals surface area contributed by atoms with E-state index in [-0.39, 0.29) is 17.2 Å². The van der Waals surface area contributed by atoms with Gasteiger partial charge in [-0.2, -0.15) is 5.10 Å². The molecule has 0 saturated heterocycles. The van der Waals surface area contributed by atoms with Gasteiger partial charge in [-0.25, -0.2) is 18.3 Å². The predicted octanol–water partition coefficient (Wildman–Crippen LogP) is 2.71. The third-order valence-corrected chi connectivity index (χ3v) is 3.49. The summed E-state index contributed by atoms with van der Waals surface area (Å²) in [6, 6.07) is 7.90. The maximum atomic E-state index is 13.6. The molecular weight excluding hydrogens is 330 g/mol. The fourth-order valence-corrected chi connectivity index (χ4v) is 2.34. The molecule has 0 atom stereocenters. The molecule has 0 fully saturated rings. The molecule has 3 heterocycles. The maximum Gasteiger partial charge on any atom is 0.232 e. The average Bonchev–Trinajstić information content (AvgIpc) is 3.23. The summed E-state index contributed by atoms with van der Waals surface area (Å²) >= 11 is 0. The number of nitrogens with one attached hydrogen (secondary N) is 2. The van der Waals surface area contributed by atoms with Crippen LogP contribution in [-0.2, 0) is 0 Å². The van der Waals surface area contributed by atoms with Crippen molar-refractivity contribution in [3.63, 3.8) is 0 Å². The van der Waals surface area contributed by atoms with Crippen molar-refractivity contribution < 1.29 is 13.6 Å². The number of nitrogens with zero attached hydrogens (tertiary/aromatic N) is 4. The Kier molecular flexibility index (Phi) is 3.46. The molecule has 124 valence electrons. The first-order chi connectivity index (χ1) is 12.1. The highest BCUT2D eigenvalue weighted by molar-refractivity contribution is 6.06. The smallest absolute Gasteiger partial charge is 0.232 e. The summed E-state index contributed by atoms with van der Waals surface area (Å²) in [6.07, 6.45) is 2.73. The second-order valence-electron chi connectivity index (χ2n) is 5.19. The van der Waals surface area contributed by atoms with Crippen LogP contribution in [-0.4, -0.2) is 30.6 Å². The van der Waals surface area contributed by atoms with E-state index in [2.05, 4.69) is 25.6 Å². The second kappa shape index (κ2) is 5.78. The minimum absolute atomic E-state index is 0.159. The van der Waals surface area contributed by atoms with Crippen LogP contribution in [0.15, 0.2) is 48.8 Å². The van der Waals surface area contributed by atoms with Gasteiger partial charge in [-0.05, 0) is 24.3 Å². The van der Waals surface area contributed by atoms with Crippen LogP contribution in [0.25, 0.3) is 5.52 Å². The zero-order chi connectivity index (χ0) is 17.4. The summed E-state index contributed by atoms with van der Waals surface area (Å²) in [5, 5.41) is 13.5. The molecule has 0 aliphatic carbocycles. The molecule has 0 saturated carbocycles. The molecule has 0 spiro atoms. The van der Waals surface area contributed by atoms with Crippen LogP contribution >= 0.6 is 0 Å². The van der Waals surface area contributed by atoms with Crippen LogP contribution in [0.2, 0.25) is 0 Å². The third kappa shape index (κ3) is 2.82. The molecule has 2 N–H and O–H groups in total. The molecule has 0 bridgehead atoms. The van der Waals surface area contributed by atoms with Crippen molar-refractivity contribution in [3.8, 4) is 0 Å². The standard InChI is InChI=1S/C16H10F2N6O/c17-10-3-1-9(2-4-10)14(25)16-21-15(20-13-5-6-19-22-13)12-7-11(18)8-24(12)23-16/h1-8H,(H2,19,20,21,22,23). The van der Waals surface area contributed by atoms with Gasteiger partial charge in [-0.1, -0.05) is 0 Å². The second-order valence-corrected chi connectivity index (χ2v) is 5.19. The van der Waals surface area contributed by atoms with Gasteiger partial charge in [0.1, 0.15) is 17.2 Å². The highest BCUT2D eigenvalue weighted by atomic mass is 19.1. The minimum atomic E-state index is -0.522. The van der Waals surface area contributed by atoms with E-state index in [0.717, 1.165) is 6.20 Å². The van der Waals surface area contributed by atoms with E-state index in [1.165, 1.54) is 34.8 Å². The van der Waals surface area contributed by atoms with Crippen LogP contribution in [0, 0.1) is 11.6 Å². The van der Waals surface area contributed by atoms with E-state index in [1.54, 1.807) is 12.3 Å². The Morgan fingerprint density at radius 2 is 1.92 bits per heavy atom. The van der Waals surface area contributed by atoms with Crippen molar-refractivity contribution >= 4 is 22.9 Å². The van der Waals surface area contributed by atoms with Crippen molar-refractivity contribution in [2.24, 2.45) is 0 Å². The molecule has 0 aliphatic heterocycles. The molecule has 4 aromatic rings. The van der Waals surface area contributed by atoms with Crippen LogP contribution in [0.4, 0.5) is 20.4 Å². The van der Waals surface area contributed by atoms with Crippen molar-refractivity contribution in [3.05, 3.63) is 71.8 Å². The van der Waals surface area contributed by atoms with Crippen molar-refractivity contribution in [1.29, 1.82) is 0 Å². The Balaban J connectivity index is 1.81. The van der Waals surface area contributed by atoms with Gasteiger partial charge >= 0.3 is 0 Å². The SMILES string of the molecule is O=C(c1ccc(F)cc1)c1nc(Nc2cc[nH]n2)c2cc(F)cn2n1. The van der Waals surface area contributed by atoms with E-state index in [4.69, 9.17) is 0 Å². The molecule has 9 heteroatoms. The first-order valence-corrected chi connectivity index (χ1v) is 7.23. The molecule has 0 aliphatic rings. The van der Waals surface area contributed by atoms with Crippen molar-refractivity contribution in [2.45, 2.75) is 0 Å². The van der Waals surface area contributed by atoms with Gasteiger partial charge in [-0.15, -0.1) is 5.10 Å². The summed E-state index contributed by atoms with van der Waals surface area (Å²) in [4.78, 5) is 16.7. The number of anilines is 2. The van der Waals surface area contributed by atoms with E-state index in [0.29, 0.717) is 11.3 Å². The molecule has 1 aromatic carbocycles. The third-order valence-electron chi connectivity index (χ3n) is 3.49. The number of fused-ring (bicyclic) bond motifs is 1. The number of benzene rings is 1. The van der Waals surface area contributed by atoms with Gasteiger partial charge in [0.15, 0.2) is 11.6 Å². The number of carbonyl (C=O) groups is 1. The zero-order valence-corrected chi connectivity index (χ0v) is 12.6. The molecule has 0 unspecified atom stereocenters. The molecule has 0 amide bonds. The average molecular weight is 340 g/mol. The predicted molar refractivity (Wildman–Crippen MR) is 84.6 cm³/mol. The summed E-state index contributed by atoms with van der Waals surface area (Å²) in [7, 11) is 0. The topological polar surface area (TPSA) is 88.0 Å². The van der Waals surface area contributed by atoms with E-state index in [9.17, 15) is 13.6 Å². The fraction of sp³-hybridized carbons (Fsp3) is 0. The van der Waals surface area contributed by atoms with Crippen LogP contribution in [0.3, 0.4) is 0 Å². The first-order valence-electron chi connectivity index (χ1n) is 7.23. The number of rotatable bonds is 4. The lowest BCUT2D eigenvalue weighted by Crippen LogP contribution is -2.12. The van der Waals surface area contributed by atoms with Gasteiger partial charge in [0.25, 0.3) is 0 Å². The normalized spacial score (nSPS) is 11.0. The Morgan fingerprint density at radius 3 is 2.64 bits per heavy atom. The highest BCUT2D eigenvalue weighted by Crippen LogP contribution is 2.21. The number of carbonyl (C=O) groups excluding carboxylic acids is 1. The molecular formula is C16H10F2N6O. The van der Waals surface area contributed by atoms with E-state index >= 15 is 0 Å².